The Kier molecular flexibility index (Phi) is 5.85. The van der Waals surface area contributed by atoms with Crippen LogP contribution in [0.25, 0.3) is 0 Å². The van der Waals surface area contributed by atoms with Crippen LogP contribution in [0.5, 0.6) is 0 Å². The highest BCUT2D eigenvalue weighted by atomic mass is 16.6. The van der Waals surface area contributed by atoms with Crippen LogP contribution in [0, 0.1) is 0 Å². The average Bonchev–Trinajstić information content (AvgIpc) is 2.08. The van der Waals surface area contributed by atoms with Gasteiger partial charge in [-0.15, -0.1) is 0 Å². The average molecular weight is 230 g/mol. The molecule has 2 N–H and O–H groups in total. The SMILES string of the molecule is CCCCN(CC(N)=O)C(=O)OC(C)(C)C. The quantitative estimate of drug-likeness (QED) is 0.778. The van der Waals surface area contributed by atoms with Gasteiger partial charge in [-0.25, -0.2) is 4.79 Å². The monoisotopic (exact) mass is 230 g/mol. The number of nitrogens with two attached hydrogens (primary N) is 1. The number of amides is 2. The fraction of sp³-hybridized carbons (Fsp3) is 0.818. The molecule has 0 aliphatic carbocycles. The van der Waals surface area contributed by atoms with Crippen LogP contribution < -0.4 is 5.73 Å². The molecule has 0 aliphatic rings. The van der Waals surface area contributed by atoms with Crippen molar-refractivity contribution in [2.45, 2.75) is 46.1 Å². The van der Waals surface area contributed by atoms with Crippen LogP contribution in [0.4, 0.5) is 4.79 Å². The van der Waals surface area contributed by atoms with Crippen molar-refractivity contribution in [1.82, 2.24) is 4.90 Å². The molecule has 0 aromatic carbocycles. The lowest BCUT2D eigenvalue weighted by atomic mass is 10.2. The number of nitrogens with zero attached hydrogens (tertiary/aromatic N) is 1. The van der Waals surface area contributed by atoms with Crippen molar-refractivity contribution in [3.05, 3.63) is 0 Å². The Morgan fingerprint density at radius 1 is 1.31 bits per heavy atom. The molecule has 0 rings (SSSR count). The normalized spacial score (nSPS) is 11.0. The largest absolute Gasteiger partial charge is 0.444 e. The van der Waals surface area contributed by atoms with Crippen molar-refractivity contribution in [3.8, 4) is 0 Å². The van der Waals surface area contributed by atoms with Gasteiger partial charge in [-0.1, -0.05) is 13.3 Å². The minimum Gasteiger partial charge on any atom is -0.444 e. The van der Waals surface area contributed by atoms with E-state index in [4.69, 9.17) is 10.5 Å². The van der Waals surface area contributed by atoms with Crippen molar-refractivity contribution >= 4 is 12.0 Å². The Bertz CT molecular complexity index is 246. The zero-order valence-corrected chi connectivity index (χ0v) is 10.6. The van der Waals surface area contributed by atoms with E-state index in [2.05, 4.69) is 0 Å². The molecule has 0 saturated heterocycles. The summed E-state index contributed by atoms with van der Waals surface area (Å²) in [6.45, 7) is 7.77. The molecular weight excluding hydrogens is 208 g/mol. The van der Waals surface area contributed by atoms with E-state index in [1.165, 1.54) is 4.90 Å². The molecule has 0 spiro atoms. The lowest BCUT2D eigenvalue weighted by Crippen LogP contribution is -2.42. The molecule has 0 radical (unpaired) electrons. The molecule has 5 heteroatoms. The molecule has 0 bridgehead atoms. The molecule has 5 nitrogen and oxygen atoms in total. The number of hydrogen-bond donors (Lipinski definition) is 1. The molecule has 0 aliphatic heterocycles. The summed E-state index contributed by atoms with van der Waals surface area (Å²) >= 11 is 0. The van der Waals surface area contributed by atoms with Crippen molar-refractivity contribution in [2.24, 2.45) is 5.73 Å². The number of carbonyl (C=O) groups is 2. The third-order valence-corrected chi connectivity index (χ3v) is 1.78. The van der Waals surface area contributed by atoms with E-state index < -0.39 is 17.6 Å². The van der Waals surface area contributed by atoms with Crippen LogP contribution in [0.1, 0.15) is 40.5 Å². The zero-order chi connectivity index (χ0) is 12.8. The van der Waals surface area contributed by atoms with E-state index in [1.54, 1.807) is 20.8 Å². The summed E-state index contributed by atoms with van der Waals surface area (Å²) in [5.74, 6) is -0.526. The molecule has 0 aromatic rings. The molecule has 0 aromatic heterocycles. The molecular formula is C11H22N2O3. The summed E-state index contributed by atoms with van der Waals surface area (Å²) in [6.07, 6.45) is 1.28. The number of carbonyl (C=O) groups excluding carboxylic acids is 2. The van der Waals surface area contributed by atoms with Crippen LogP contribution in [0.2, 0.25) is 0 Å². The van der Waals surface area contributed by atoms with E-state index in [0.717, 1.165) is 12.8 Å². The molecule has 2 amide bonds. The third-order valence-electron chi connectivity index (χ3n) is 1.78. The van der Waals surface area contributed by atoms with Gasteiger partial charge in [-0.2, -0.15) is 0 Å². The van der Waals surface area contributed by atoms with Gasteiger partial charge in [-0.05, 0) is 27.2 Å². The molecule has 0 atom stereocenters. The summed E-state index contributed by atoms with van der Waals surface area (Å²) in [5, 5.41) is 0. The number of rotatable bonds is 5. The predicted molar refractivity (Wildman–Crippen MR) is 61.9 cm³/mol. The first-order valence-corrected chi connectivity index (χ1v) is 5.52. The van der Waals surface area contributed by atoms with E-state index in [9.17, 15) is 9.59 Å². The van der Waals surface area contributed by atoms with Gasteiger partial charge >= 0.3 is 6.09 Å². The first-order valence-electron chi connectivity index (χ1n) is 5.52. The van der Waals surface area contributed by atoms with Gasteiger partial charge in [-0.3, -0.25) is 9.69 Å². The molecule has 0 fully saturated rings. The fourth-order valence-corrected chi connectivity index (χ4v) is 1.10. The van der Waals surface area contributed by atoms with Crippen molar-refractivity contribution in [1.29, 1.82) is 0 Å². The van der Waals surface area contributed by atoms with Gasteiger partial charge in [0.25, 0.3) is 0 Å². The van der Waals surface area contributed by atoms with Crippen LogP contribution in [0.3, 0.4) is 0 Å². The maximum Gasteiger partial charge on any atom is 0.410 e. The lowest BCUT2D eigenvalue weighted by molar-refractivity contribution is -0.119. The van der Waals surface area contributed by atoms with E-state index in [1.807, 2.05) is 6.92 Å². The van der Waals surface area contributed by atoms with Crippen LogP contribution in [-0.2, 0) is 9.53 Å². The summed E-state index contributed by atoms with van der Waals surface area (Å²) in [7, 11) is 0. The van der Waals surface area contributed by atoms with Gasteiger partial charge in [0, 0.05) is 6.54 Å². The Balaban J connectivity index is 4.37. The van der Waals surface area contributed by atoms with Gasteiger partial charge in [0.15, 0.2) is 0 Å². The second-order valence-corrected chi connectivity index (χ2v) is 4.72. The van der Waals surface area contributed by atoms with Gasteiger partial charge in [0.2, 0.25) is 5.91 Å². The molecule has 16 heavy (non-hydrogen) atoms. The Morgan fingerprint density at radius 2 is 1.88 bits per heavy atom. The zero-order valence-electron chi connectivity index (χ0n) is 10.6. The summed E-state index contributed by atoms with van der Waals surface area (Å²) < 4.78 is 5.18. The minimum absolute atomic E-state index is 0.0884. The van der Waals surface area contributed by atoms with Crippen molar-refractivity contribution in [3.63, 3.8) is 0 Å². The first kappa shape index (κ1) is 14.7. The van der Waals surface area contributed by atoms with Crippen molar-refractivity contribution in [2.75, 3.05) is 13.1 Å². The highest BCUT2D eigenvalue weighted by Gasteiger charge is 2.22. The van der Waals surface area contributed by atoms with Gasteiger partial charge in [0.05, 0.1) is 0 Å². The predicted octanol–water partition coefficient (Wildman–Crippen LogP) is 1.51. The van der Waals surface area contributed by atoms with E-state index in [-0.39, 0.29) is 6.54 Å². The number of hydrogen-bond acceptors (Lipinski definition) is 3. The molecule has 94 valence electrons. The third kappa shape index (κ3) is 7.09. The van der Waals surface area contributed by atoms with Gasteiger partial charge in [0.1, 0.15) is 12.1 Å². The maximum absolute atomic E-state index is 11.7. The van der Waals surface area contributed by atoms with Crippen LogP contribution in [0.15, 0.2) is 0 Å². The summed E-state index contributed by atoms with van der Waals surface area (Å²) in [5.41, 5.74) is 4.52. The summed E-state index contributed by atoms with van der Waals surface area (Å²) in [4.78, 5) is 23.9. The van der Waals surface area contributed by atoms with E-state index in [0.29, 0.717) is 6.54 Å². The minimum atomic E-state index is -0.556. The first-order chi connectivity index (χ1) is 7.26. The standard InChI is InChI=1S/C11H22N2O3/c1-5-6-7-13(8-9(12)14)10(15)16-11(2,3)4/h5-8H2,1-4H3,(H2,12,14). The summed E-state index contributed by atoms with van der Waals surface area (Å²) in [6, 6.07) is 0. The fourth-order valence-electron chi connectivity index (χ4n) is 1.10. The number of unbranched alkanes of at least 4 members (excludes halogenated alkanes) is 1. The topological polar surface area (TPSA) is 72.6 Å². The van der Waals surface area contributed by atoms with Crippen molar-refractivity contribution < 1.29 is 14.3 Å². The van der Waals surface area contributed by atoms with Crippen LogP contribution >= 0.6 is 0 Å². The smallest absolute Gasteiger partial charge is 0.410 e. The van der Waals surface area contributed by atoms with Gasteiger partial charge < -0.3 is 10.5 Å². The van der Waals surface area contributed by atoms with E-state index >= 15 is 0 Å². The Labute approximate surface area is 96.9 Å². The Morgan fingerprint density at radius 3 is 2.25 bits per heavy atom. The highest BCUT2D eigenvalue weighted by molar-refractivity contribution is 5.80. The molecule has 0 heterocycles. The number of primary amides is 1. The molecule has 0 unspecified atom stereocenters. The Hall–Kier alpha value is -1.26. The lowest BCUT2D eigenvalue weighted by Gasteiger charge is -2.26. The highest BCUT2D eigenvalue weighted by Crippen LogP contribution is 2.10. The molecule has 0 saturated carbocycles. The second-order valence-electron chi connectivity index (χ2n) is 4.72. The maximum atomic E-state index is 11.7. The second kappa shape index (κ2) is 6.35. The number of ether oxygens (including phenoxy) is 1. The van der Waals surface area contributed by atoms with Crippen LogP contribution in [-0.4, -0.2) is 35.6 Å².